The van der Waals surface area contributed by atoms with E-state index in [0.717, 1.165) is 19.4 Å². The second kappa shape index (κ2) is 10.3. The normalized spacial score (nSPS) is 14.5. The van der Waals surface area contributed by atoms with Crippen molar-refractivity contribution in [3.05, 3.63) is 22.4 Å². The third kappa shape index (κ3) is 6.49. The summed E-state index contributed by atoms with van der Waals surface area (Å²) in [6.07, 6.45) is 1.80. The summed E-state index contributed by atoms with van der Waals surface area (Å²) in [6.45, 7) is 4.70. The van der Waals surface area contributed by atoms with Crippen LogP contribution in [0.5, 0.6) is 0 Å². The van der Waals surface area contributed by atoms with Gasteiger partial charge in [-0.1, -0.05) is 13.0 Å². The molecule has 0 saturated heterocycles. The lowest BCUT2D eigenvalue weighted by molar-refractivity contribution is -0.00892. The van der Waals surface area contributed by atoms with E-state index in [0.29, 0.717) is 19.8 Å². The van der Waals surface area contributed by atoms with Crippen LogP contribution in [0, 0.1) is 0 Å². The van der Waals surface area contributed by atoms with Crippen molar-refractivity contribution >= 4 is 11.3 Å². The third-order valence-corrected chi connectivity index (χ3v) is 3.78. The molecule has 1 rings (SSSR count). The molecule has 0 fully saturated rings. The molecule has 2 atom stereocenters. The van der Waals surface area contributed by atoms with Crippen LogP contribution in [0.25, 0.3) is 0 Å². The standard InChI is InChI=1S/C14H25NO3S/c1-3-12(15)14(13-6-4-11-19-13)18-10-9-17-8-5-7-16-2/h4,6,11-12,14H,3,5,7-10,15H2,1-2H3. The molecule has 2 unspecified atom stereocenters. The summed E-state index contributed by atoms with van der Waals surface area (Å²) in [6, 6.07) is 4.14. The van der Waals surface area contributed by atoms with Crippen LogP contribution in [-0.2, 0) is 14.2 Å². The molecule has 0 bridgehead atoms. The molecule has 0 amide bonds. The van der Waals surface area contributed by atoms with Crippen LogP contribution < -0.4 is 5.73 Å². The number of hydrogen-bond donors (Lipinski definition) is 1. The molecule has 110 valence electrons. The largest absolute Gasteiger partial charge is 0.385 e. The minimum absolute atomic E-state index is 0.0208. The molecule has 0 radical (unpaired) electrons. The van der Waals surface area contributed by atoms with Gasteiger partial charge < -0.3 is 19.9 Å². The third-order valence-electron chi connectivity index (χ3n) is 2.85. The average molecular weight is 287 g/mol. The van der Waals surface area contributed by atoms with E-state index >= 15 is 0 Å². The van der Waals surface area contributed by atoms with Gasteiger partial charge in [0.05, 0.1) is 13.2 Å². The highest BCUT2D eigenvalue weighted by Gasteiger charge is 2.19. The zero-order valence-electron chi connectivity index (χ0n) is 11.8. The lowest BCUT2D eigenvalue weighted by atomic mass is 10.1. The van der Waals surface area contributed by atoms with E-state index in [1.54, 1.807) is 18.4 Å². The molecule has 5 heteroatoms. The van der Waals surface area contributed by atoms with Crippen molar-refractivity contribution in [3.8, 4) is 0 Å². The fourth-order valence-electron chi connectivity index (χ4n) is 1.73. The molecule has 0 aliphatic carbocycles. The molecule has 2 N–H and O–H groups in total. The Labute approximate surface area is 119 Å². The summed E-state index contributed by atoms with van der Waals surface area (Å²) < 4.78 is 16.3. The number of methoxy groups -OCH3 is 1. The molecule has 0 aromatic carbocycles. The SMILES string of the molecule is CCC(N)C(OCCOCCCOC)c1cccs1. The van der Waals surface area contributed by atoms with E-state index < -0.39 is 0 Å². The maximum atomic E-state index is 6.11. The Kier molecular flexibility index (Phi) is 9.03. The van der Waals surface area contributed by atoms with Gasteiger partial charge >= 0.3 is 0 Å². The number of rotatable bonds is 11. The molecule has 1 aromatic rings. The van der Waals surface area contributed by atoms with E-state index in [-0.39, 0.29) is 12.1 Å². The van der Waals surface area contributed by atoms with Gasteiger partial charge in [-0.05, 0) is 24.3 Å². The van der Waals surface area contributed by atoms with Crippen LogP contribution in [0.1, 0.15) is 30.7 Å². The maximum Gasteiger partial charge on any atom is 0.107 e. The molecule has 0 aliphatic rings. The quantitative estimate of drug-likeness (QED) is 0.636. The summed E-state index contributed by atoms with van der Waals surface area (Å²) in [5, 5.41) is 2.05. The van der Waals surface area contributed by atoms with E-state index in [2.05, 4.69) is 18.4 Å². The Morgan fingerprint density at radius 3 is 2.74 bits per heavy atom. The second-order valence-electron chi connectivity index (χ2n) is 4.34. The Balaban J connectivity index is 2.23. The maximum absolute atomic E-state index is 6.11. The van der Waals surface area contributed by atoms with Gasteiger partial charge in [0.2, 0.25) is 0 Å². The predicted octanol–water partition coefficient (Wildman–Crippen LogP) is 2.60. The number of ether oxygens (including phenoxy) is 3. The second-order valence-corrected chi connectivity index (χ2v) is 5.32. The summed E-state index contributed by atoms with van der Waals surface area (Å²) in [4.78, 5) is 1.19. The van der Waals surface area contributed by atoms with Crippen LogP contribution in [0.2, 0.25) is 0 Å². The van der Waals surface area contributed by atoms with Gasteiger partial charge in [0.15, 0.2) is 0 Å². The Bertz CT molecular complexity index is 306. The summed E-state index contributed by atoms with van der Waals surface area (Å²) in [5.74, 6) is 0. The Morgan fingerprint density at radius 1 is 1.26 bits per heavy atom. The van der Waals surface area contributed by atoms with Crippen molar-refractivity contribution in [1.82, 2.24) is 0 Å². The number of hydrogen-bond acceptors (Lipinski definition) is 5. The van der Waals surface area contributed by atoms with Crippen molar-refractivity contribution in [2.24, 2.45) is 5.73 Å². The minimum Gasteiger partial charge on any atom is -0.385 e. The van der Waals surface area contributed by atoms with Crippen LogP contribution >= 0.6 is 11.3 Å². The summed E-state index contributed by atoms with van der Waals surface area (Å²) in [5.41, 5.74) is 6.11. The molecule has 0 spiro atoms. The molecule has 4 nitrogen and oxygen atoms in total. The first kappa shape index (κ1) is 16.6. The van der Waals surface area contributed by atoms with Crippen LogP contribution in [-0.4, -0.2) is 39.6 Å². The lowest BCUT2D eigenvalue weighted by Gasteiger charge is -2.22. The van der Waals surface area contributed by atoms with Gasteiger partial charge in [0.1, 0.15) is 6.10 Å². The van der Waals surface area contributed by atoms with Crippen molar-refractivity contribution in [1.29, 1.82) is 0 Å². The van der Waals surface area contributed by atoms with Crippen molar-refractivity contribution < 1.29 is 14.2 Å². The van der Waals surface area contributed by atoms with Crippen molar-refractivity contribution in [2.75, 3.05) is 33.5 Å². The van der Waals surface area contributed by atoms with Gasteiger partial charge in [-0.25, -0.2) is 0 Å². The topological polar surface area (TPSA) is 53.7 Å². The minimum atomic E-state index is -0.0208. The zero-order chi connectivity index (χ0) is 13.9. The monoisotopic (exact) mass is 287 g/mol. The molecular weight excluding hydrogens is 262 g/mol. The van der Waals surface area contributed by atoms with Gasteiger partial charge in [0.25, 0.3) is 0 Å². The highest BCUT2D eigenvalue weighted by Crippen LogP contribution is 2.26. The van der Waals surface area contributed by atoms with E-state index in [4.69, 9.17) is 19.9 Å². The van der Waals surface area contributed by atoms with Crippen LogP contribution in [0.4, 0.5) is 0 Å². The molecule has 1 aromatic heterocycles. The molecule has 19 heavy (non-hydrogen) atoms. The highest BCUT2D eigenvalue weighted by atomic mass is 32.1. The first-order valence-corrected chi connectivity index (χ1v) is 7.64. The Hall–Kier alpha value is -0.460. The number of nitrogens with two attached hydrogens (primary N) is 1. The summed E-state index contributed by atoms with van der Waals surface area (Å²) >= 11 is 1.69. The zero-order valence-corrected chi connectivity index (χ0v) is 12.7. The van der Waals surface area contributed by atoms with Gasteiger partial charge in [-0.2, -0.15) is 0 Å². The highest BCUT2D eigenvalue weighted by molar-refractivity contribution is 7.10. The van der Waals surface area contributed by atoms with E-state index in [1.165, 1.54) is 4.88 Å². The first-order valence-electron chi connectivity index (χ1n) is 6.76. The first-order chi connectivity index (χ1) is 9.29. The predicted molar refractivity (Wildman–Crippen MR) is 78.6 cm³/mol. The van der Waals surface area contributed by atoms with Crippen molar-refractivity contribution in [2.45, 2.75) is 31.9 Å². The Morgan fingerprint density at radius 2 is 2.11 bits per heavy atom. The molecule has 0 aliphatic heterocycles. The molecule has 1 heterocycles. The molecular formula is C14H25NO3S. The fourth-order valence-corrected chi connectivity index (χ4v) is 2.57. The fraction of sp³-hybridized carbons (Fsp3) is 0.714. The van der Waals surface area contributed by atoms with Crippen LogP contribution in [0.15, 0.2) is 17.5 Å². The van der Waals surface area contributed by atoms with Gasteiger partial charge in [-0.3, -0.25) is 0 Å². The van der Waals surface area contributed by atoms with E-state index in [1.807, 2.05) is 6.07 Å². The van der Waals surface area contributed by atoms with Crippen LogP contribution in [0.3, 0.4) is 0 Å². The average Bonchev–Trinajstić information content (AvgIpc) is 2.95. The summed E-state index contributed by atoms with van der Waals surface area (Å²) in [7, 11) is 1.70. The van der Waals surface area contributed by atoms with Gasteiger partial charge in [-0.15, -0.1) is 11.3 Å². The van der Waals surface area contributed by atoms with E-state index in [9.17, 15) is 0 Å². The van der Waals surface area contributed by atoms with Crippen molar-refractivity contribution in [3.63, 3.8) is 0 Å². The van der Waals surface area contributed by atoms with Gasteiger partial charge in [0, 0.05) is 31.2 Å². The lowest BCUT2D eigenvalue weighted by Crippen LogP contribution is -2.29. The smallest absolute Gasteiger partial charge is 0.107 e. The number of thiophene rings is 1. The molecule has 0 saturated carbocycles.